The van der Waals surface area contributed by atoms with E-state index in [4.69, 9.17) is 9.47 Å². The molecule has 0 aliphatic heterocycles. The molecule has 3 nitrogen and oxygen atoms in total. The smallest absolute Gasteiger partial charge is 0.127 e. The molecule has 112 valence electrons. The molecule has 3 heteroatoms. The molecule has 2 aromatic rings. The van der Waals surface area contributed by atoms with Gasteiger partial charge >= 0.3 is 0 Å². The van der Waals surface area contributed by atoms with Crippen molar-refractivity contribution >= 4 is 0 Å². The number of hydrogen-bond acceptors (Lipinski definition) is 3. The van der Waals surface area contributed by atoms with E-state index in [1.54, 1.807) is 0 Å². The summed E-state index contributed by atoms with van der Waals surface area (Å²) in [6.45, 7) is 5.02. The predicted octanol–water partition coefficient (Wildman–Crippen LogP) is 4.10. The van der Waals surface area contributed by atoms with Gasteiger partial charge in [0.15, 0.2) is 0 Å². The first kappa shape index (κ1) is 15.4. The van der Waals surface area contributed by atoms with Gasteiger partial charge in [0.2, 0.25) is 0 Å². The van der Waals surface area contributed by atoms with Gasteiger partial charge in [-0.25, -0.2) is 0 Å². The maximum atomic E-state index is 5.81. The summed E-state index contributed by atoms with van der Waals surface area (Å²) in [7, 11) is 1.96. The summed E-state index contributed by atoms with van der Waals surface area (Å²) in [5, 5.41) is 3.27. The van der Waals surface area contributed by atoms with E-state index in [-0.39, 0.29) is 0 Å². The maximum absolute atomic E-state index is 5.81. The summed E-state index contributed by atoms with van der Waals surface area (Å²) in [6.07, 6.45) is 0. The molecule has 1 unspecified atom stereocenters. The van der Waals surface area contributed by atoms with Gasteiger partial charge in [0.1, 0.15) is 23.9 Å². The van der Waals surface area contributed by atoms with Gasteiger partial charge in [0.05, 0.1) is 0 Å². The van der Waals surface area contributed by atoms with Crippen LogP contribution in [-0.4, -0.2) is 19.7 Å². The fraction of sp³-hybridized carbons (Fsp3) is 0.333. The summed E-state index contributed by atoms with van der Waals surface area (Å²) >= 11 is 0. The van der Waals surface area contributed by atoms with Crippen molar-refractivity contribution in [2.24, 2.45) is 5.92 Å². The van der Waals surface area contributed by atoms with Gasteiger partial charge in [-0.15, -0.1) is 0 Å². The summed E-state index contributed by atoms with van der Waals surface area (Å²) < 4.78 is 11.6. The Morgan fingerprint density at radius 3 is 2.00 bits per heavy atom. The van der Waals surface area contributed by atoms with Gasteiger partial charge in [0.25, 0.3) is 0 Å². The average molecular weight is 285 g/mol. The molecular weight excluding hydrogens is 262 g/mol. The van der Waals surface area contributed by atoms with E-state index in [1.807, 2.05) is 61.6 Å². The lowest BCUT2D eigenvalue weighted by Crippen LogP contribution is -2.36. The van der Waals surface area contributed by atoms with Gasteiger partial charge in [-0.05, 0) is 49.4 Å². The van der Waals surface area contributed by atoms with Gasteiger partial charge in [-0.3, -0.25) is 0 Å². The molecule has 0 bridgehead atoms. The lowest BCUT2D eigenvalue weighted by atomic mass is 10.1. The quantitative estimate of drug-likeness (QED) is 0.830. The van der Waals surface area contributed by atoms with E-state index < -0.39 is 0 Å². The Balaban J connectivity index is 1.90. The number of rotatable bonds is 7. The highest BCUT2D eigenvalue weighted by molar-refractivity contribution is 5.35. The second-order valence-corrected chi connectivity index (χ2v) is 5.34. The SMILES string of the molecule is CNC(COc1ccc(Oc2ccccc2)cc1)C(C)C. The monoisotopic (exact) mass is 285 g/mol. The fourth-order valence-corrected chi connectivity index (χ4v) is 2.02. The van der Waals surface area contributed by atoms with Crippen LogP contribution in [0.25, 0.3) is 0 Å². The number of nitrogens with one attached hydrogen (secondary N) is 1. The Labute approximate surface area is 126 Å². The zero-order chi connectivity index (χ0) is 15.1. The zero-order valence-electron chi connectivity index (χ0n) is 12.9. The molecule has 0 saturated carbocycles. The average Bonchev–Trinajstić information content (AvgIpc) is 2.50. The zero-order valence-corrected chi connectivity index (χ0v) is 12.9. The molecule has 1 atom stereocenters. The lowest BCUT2D eigenvalue weighted by molar-refractivity contribution is 0.238. The minimum absolute atomic E-state index is 0.352. The van der Waals surface area contributed by atoms with E-state index in [0.29, 0.717) is 18.6 Å². The number of hydrogen-bond donors (Lipinski definition) is 1. The van der Waals surface area contributed by atoms with Gasteiger partial charge in [0, 0.05) is 6.04 Å². The van der Waals surface area contributed by atoms with Crippen LogP contribution in [0.2, 0.25) is 0 Å². The Hall–Kier alpha value is -2.00. The molecule has 0 aliphatic carbocycles. The highest BCUT2D eigenvalue weighted by Crippen LogP contribution is 2.23. The van der Waals surface area contributed by atoms with Crippen LogP contribution in [0.3, 0.4) is 0 Å². The van der Waals surface area contributed by atoms with Crippen molar-refractivity contribution in [1.82, 2.24) is 5.32 Å². The van der Waals surface area contributed by atoms with E-state index in [1.165, 1.54) is 0 Å². The molecule has 2 rings (SSSR count). The molecule has 0 aromatic heterocycles. The van der Waals surface area contributed by atoms with E-state index in [2.05, 4.69) is 19.2 Å². The van der Waals surface area contributed by atoms with Gasteiger partial charge < -0.3 is 14.8 Å². The second-order valence-electron chi connectivity index (χ2n) is 5.34. The van der Waals surface area contributed by atoms with Gasteiger partial charge in [-0.1, -0.05) is 32.0 Å². The molecule has 0 radical (unpaired) electrons. The van der Waals surface area contributed by atoms with Crippen LogP contribution < -0.4 is 14.8 Å². The van der Waals surface area contributed by atoms with Crippen molar-refractivity contribution in [3.8, 4) is 17.2 Å². The largest absolute Gasteiger partial charge is 0.492 e. The van der Waals surface area contributed by atoms with Crippen molar-refractivity contribution < 1.29 is 9.47 Å². The molecule has 0 spiro atoms. The van der Waals surface area contributed by atoms with E-state index in [0.717, 1.165) is 17.2 Å². The molecule has 0 fully saturated rings. The van der Waals surface area contributed by atoms with Crippen molar-refractivity contribution in [3.05, 3.63) is 54.6 Å². The molecule has 2 aromatic carbocycles. The van der Waals surface area contributed by atoms with Crippen LogP contribution in [0.5, 0.6) is 17.2 Å². The minimum Gasteiger partial charge on any atom is -0.492 e. The van der Waals surface area contributed by atoms with Crippen LogP contribution >= 0.6 is 0 Å². The number of ether oxygens (including phenoxy) is 2. The third-order valence-corrected chi connectivity index (χ3v) is 3.41. The number of benzene rings is 2. The van der Waals surface area contributed by atoms with Crippen molar-refractivity contribution in [3.63, 3.8) is 0 Å². The first-order chi connectivity index (χ1) is 10.2. The third kappa shape index (κ3) is 4.80. The standard InChI is InChI=1S/C18H23NO2/c1-14(2)18(19-3)13-20-15-9-11-17(12-10-15)21-16-7-5-4-6-8-16/h4-12,14,18-19H,13H2,1-3H3. The van der Waals surface area contributed by atoms with Gasteiger partial charge in [-0.2, -0.15) is 0 Å². The Morgan fingerprint density at radius 2 is 1.43 bits per heavy atom. The summed E-state index contributed by atoms with van der Waals surface area (Å²) in [5.74, 6) is 3.04. The summed E-state index contributed by atoms with van der Waals surface area (Å²) in [6, 6.07) is 17.8. The molecule has 0 amide bonds. The number of likely N-dealkylation sites (N-methyl/N-ethyl adjacent to an activating group) is 1. The topological polar surface area (TPSA) is 30.5 Å². The van der Waals surface area contributed by atoms with Crippen LogP contribution in [0.15, 0.2) is 54.6 Å². The Morgan fingerprint density at radius 1 is 0.857 bits per heavy atom. The second kappa shape index (κ2) is 7.70. The van der Waals surface area contributed by atoms with Crippen LogP contribution in [-0.2, 0) is 0 Å². The maximum Gasteiger partial charge on any atom is 0.127 e. The van der Waals surface area contributed by atoms with E-state index >= 15 is 0 Å². The normalized spacial score (nSPS) is 12.2. The third-order valence-electron chi connectivity index (χ3n) is 3.41. The lowest BCUT2D eigenvalue weighted by Gasteiger charge is -2.20. The molecular formula is C18H23NO2. The number of para-hydroxylation sites is 1. The van der Waals surface area contributed by atoms with Crippen molar-refractivity contribution in [1.29, 1.82) is 0 Å². The minimum atomic E-state index is 0.352. The summed E-state index contributed by atoms with van der Waals surface area (Å²) in [5.41, 5.74) is 0. The first-order valence-electron chi connectivity index (χ1n) is 7.32. The van der Waals surface area contributed by atoms with Crippen LogP contribution in [0, 0.1) is 5.92 Å². The fourth-order valence-electron chi connectivity index (χ4n) is 2.02. The Bertz CT molecular complexity index is 523. The van der Waals surface area contributed by atoms with Crippen LogP contribution in [0.4, 0.5) is 0 Å². The molecule has 1 N–H and O–H groups in total. The van der Waals surface area contributed by atoms with Crippen LogP contribution in [0.1, 0.15) is 13.8 Å². The van der Waals surface area contributed by atoms with Crippen molar-refractivity contribution in [2.45, 2.75) is 19.9 Å². The first-order valence-corrected chi connectivity index (χ1v) is 7.32. The highest BCUT2D eigenvalue weighted by atomic mass is 16.5. The Kier molecular flexibility index (Phi) is 5.64. The molecule has 0 aliphatic rings. The predicted molar refractivity (Wildman–Crippen MR) is 86.1 cm³/mol. The van der Waals surface area contributed by atoms with Crippen molar-refractivity contribution in [2.75, 3.05) is 13.7 Å². The summed E-state index contributed by atoms with van der Waals surface area (Å²) in [4.78, 5) is 0. The van der Waals surface area contributed by atoms with E-state index in [9.17, 15) is 0 Å². The highest BCUT2D eigenvalue weighted by Gasteiger charge is 2.11. The molecule has 21 heavy (non-hydrogen) atoms. The molecule has 0 heterocycles. The molecule has 0 saturated heterocycles.